The van der Waals surface area contributed by atoms with Gasteiger partial charge in [0.2, 0.25) is 5.92 Å². The van der Waals surface area contributed by atoms with Crippen LogP contribution in [0.2, 0.25) is 0 Å². The maximum atomic E-state index is 13.8. The number of fused-ring (bicyclic) bond motifs is 2. The van der Waals surface area contributed by atoms with Gasteiger partial charge in [-0.1, -0.05) is 30.3 Å². The summed E-state index contributed by atoms with van der Waals surface area (Å²) < 4.78 is 27.7. The standard InChI is InChI=1S/C21H28F2N2O2/c22-20(23)9-8-17(10-20)21(27,16-4-2-1-3-5-16)19(26)25-13-18-14-6-7-15(18)12-24-11-14/h1-5,14-15,17-18,24,27H,6-13H2,(H,25,26). The summed E-state index contributed by atoms with van der Waals surface area (Å²) in [7, 11) is 0. The van der Waals surface area contributed by atoms with E-state index in [2.05, 4.69) is 10.6 Å². The third-order valence-electron chi connectivity index (χ3n) is 6.99. The molecule has 6 heteroatoms. The molecule has 3 fully saturated rings. The van der Waals surface area contributed by atoms with E-state index >= 15 is 0 Å². The van der Waals surface area contributed by atoms with E-state index < -0.39 is 29.8 Å². The molecule has 1 saturated heterocycles. The number of hydrogen-bond donors (Lipinski definition) is 3. The van der Waals surface area contributed by atoms with Gasteiger partial charge in [0.1, 0.15) is 0 Å². The average molecular weight is 378 g/mol. The van der Waals surface area contributed by atoms with Gasteiger partial charge in [-0.05, 0) is 55.7 Å². The molecule has 3 N–H and O–H groups in total. The van der Waals surface area contributed by atoms with Gasteiger partial charge in [-0.3, -0.25) is 4.79 Å². The summed E-state index contributed by atoms with van der Waals surface area (Å²) in [5.74, 6) is -2.63. The number of carbonyl (C=O) groups excluding carboxylic acids is 1. The van der Waals surface area contributed by atoms with Crippen molar-refractivity contribution in [3.8, 4) is 0 Å². The number of piperidine rings is 1. The van der Waals surface area contributed by atoms with E-state index in [0.717, 1.165) is 25.9 Å². The number of rotatable bonds is 5. The number of benzene rings is 1. The summed E-state index contributed by atoms with van der Waals surface area (Å²) in [5, 5.41) is 17.8. The van der Waals surface area contributed by atoms with Crippen LogP contribution in [0.25, 0.3) is 0 Å². The Morgan fingerprint density at radius 1 is 1.19 bits per heavy atom. The minimum absolute atomic E-state index is 0.143. The molecule has 1 amide bonds. The highest BCUT2D eigenvalue weighted by atomic mass is 19.3. The number of amides is 1. The lowest BCUT2D eigenvalue weighted by molar-refractivity contribution is -0.149. The summed E-state index contributed by atoms with van der Waals surface area (Å²) in [6.45, 7) is 2.44. The molecule has 1 heterocycles. The second-order valence-electron chi connectivity index (χ2n) is 8.56. The van der Waals surface area contributed by atoms with Crippen molar-refractivity contribution in [3.05, 3.63) is 35.9 Å². The maximum absolute atomic E-state index is 13.8. The Kier molecular flexibility index (Phi) is 4.97. The van der Waals surface area contributed by atoms with E-state index in [1.54, 1.807) is 30.3 Å². The first-order chi connectivity index (χ1) is 12.9. The molecule has 1 aromatic carbocycles. The molecule has 2 saturated carbocycles. The van der Waals surface area contributed by atoms with Crippen molar-refractivity contribution in [3.63, 3.8) is 0 Å². The molecular weight excluding hydrogens is 350 g/mol. The molecule has 4 unspecified atom stereocenters. The highest BCUT2D eigenvalue weighted by molar-refractivity contribution is 5.86. The monoisotopic (exact) mass is 378 g/mol. The van der Waals surface area contributed by atoms with E-state index in [4.69, 9.17) is 0 Å². The lowest BCUT2D eigenvalue weighted by Crippen LogP contribution is -2.52. The summed E-state index contributed by atoms with van der Waals surface area (Å²) in [4.78, 5) is 13.1. The maximum Gasteiger partial charge on any atom is 0.256 e. The van der Waals surface area contributed by atoms with Crippen LogP contribution >= 0.6 is 0 Å². The predicted octanol–water partition coefficient (Wildman–Crippen LogP) is 2.67. The molecule has 1 aliphatic heterocycles. The van der Waals surface area contributed by atoms with Gasteiger partial charge in [0.05, 0.1) is 0 Å². The van der Waals surface area contributed by atoms with Crippen molar-refractivity contribution in [2.45, 2.75) is 43.6 Å². The van der Waals surface area contributed by atoms with Crippen LogP contribution in [0.15, 0.2) is 30.3 Å². The molecule has 27 heavy (non-hydrogen) atoms. The zero-order valence-corrected chi connectivity index (χ0v) is 15.5. The zero-order chi connectivity index (χ0) is 19.1. The van der Waals surface area contributed by atoms with Crippen LogP contribution in [0.5, 0.6) is 0 Å². The quantitative estimate of drug-likeness (QED) is 0.738. The minimum atomic E-state index is -2.82. The smallest absolute Gasteiger partial charge is 0.256 e. The molecule has 0 spiro atoms. The number of alkyl halides is 2. The molecule has 4 nitrogen and oxygen atoms in total. The second kappa shape index (κ2) is 7.13. The van der Waals surface area contributed by atoms with Crippen LogP contribution < -0.4 is 10.6 Å². The fourth-order valence-electron chi connectivity index (χ4n) is 5.43. The SMILES string of the molecule is O=C(NCC1C2CCC1CNC2)C(O)(c1ccccc1)C1CCC(F)(F)C1. The largest absolute Gasteiger partial charge is 0.375 e. The van der Waals surface area contributed by atoms with E-state index in [9.17, 15) is 18.7 Å². The zero-order valence-electron chi connectivity index (χ0n) is 15.5. The van der Waals surface area contributed by atoms with Crippen LogP contribution in [-0.4, -0.2) is 36.6 Å². The molecule has 1 aromatic rings. The van der Waals surface area contributed by atoms with E-state index in [1.807, 2.05) is 0 Å². The Hall–Kier alpha value is -1.53. The first kappa shape index (κ1) is 18.8. The van der Waals surface area contributed by atoms with Gasteiger partial charge >= 0.3 is 0 Å². The van der Waals surface area contributed by atoms with Crippen LogP contribution in [0, 0.1) is 23.7 Å². The molecule has 4 atom stereocenters. The number of hydrogen-bond acceptors (Lipinski definition) is 3. The second-order valence-corrected chi connectivity index (χ2v) is 8.56. The van der Waals surface area contributed by atoms with Gasteiger partial charge in [0.15, 0.2) is 5.60 Å². The first-order valence-corrected chi connectivity index (χ1v) is 10.0. The Bertz CT molecular complexity index is 668. The summed E-state index contributed by atoms with van der Waals surface area (Å²) >= 11 is 0. The number of halogens is 2. The average Bonchev–Trinajstić information content (AvgIpc) is 3.14. The van der Waals surface area contributed by atoms with Crippen molar-refractivity contribution >= 4 is 5.91 Å². The molecule has 3 aliphatic rings. The predicted molar refractivity (Wildman–Crippen MR) is 98.2 cm³/mol. The molecule has 2 aliphatic carbocycles. The van der Waals surface area contributed by atoms with Crippen LogP contribution in [0.3, 0.4) is 0 Å². The fourth-order valence-corrected chi connectivity index (χ4v) is 5.43. The number of aliphatic hydroxyl groups is 1. The summed E-state index contributed by atoms with van der Waals surface area (Å²) in [6.07, 6.45) is 1.74. The lowest BCUT2D eigenvalue weighted by Gasteiger charge is -2.35. The van der Waals surface area contributed by atoms with Crippen molar-refractivity contribution in [1.82, 2.24) is 10.6 Å². The summed E-state index contributed by atoms with van der Waals surface area (Å²) in [5.41, 5.74) is -1.51. The molecule has 2 bridgehead atoms. The number of carbonyl (C=O) groups is 1. The van der Waals surface area contributed by atoms with E-state index in [-0.39, 0.29) is 12.8 Å². The third kappa shape index (κ3) is 3.49. The molecule has 4 rings (SSSR count). The molecule has 0 aromatic heterocycles. The van der Waals surface area contributed by atoms with Gasteiger partial charge in [0, 0.05) is 25.3 Å². The highest BCUT2D eigenvalue weighted by Gasteiger charge is 2.53. The van der Waals surface area contributed by atoms with Crippen molar-refractivity contribution in [1.29, 1.82) is 0 Å². The van der Waals surface area contributed by atoms with Crippen molar-refractivity contribution in [2.24, 2.45) is 23.7 Å². The van der Waals surface area contributed by atoms with E-state index in [1.165, 1.54) is 0 Å². The molecule has 0 radical (unpaired) electrons. The highest BCUT2D eigenvalue weighted by Crippen LogP contribution is 2.47. The van der Waals surface area contributed by atoms with Crippen molar-refractivity contribution in [2.75, 3.05) is 19.6 Å². The topological polar surface area (TPSA) is 61.4 Å². The Labute approximate surface area is 158 Å². The molecular formula is C21H28F2N2O2. The van der Waals surface area contributed by atoms with Crippen molar-refractivity contribution < 1.29 is 18.7 Å². The van der Waals surface area contributed by atoms with Crippen LogP contribution in [0.4, 0.5) is 8.78 Å². The van der Waals surface area contributed by atoms with Gasteiger partial charge in [-0.15, -0.1) is 0 Å². The number of nitrogens with one attached hydrogen (secondary N) is 2. The van der Waals surface area contributed by atoms with Gasteiger partial charge in [-0.25, -0.2) is 8.78 Å². The Balaban J connectivity index is 1.53. The van der Waals surface area contributed by atoms with Crippen LogP contribution in [-0.2, 0) is 10.4 Å². The van der Waals surface area contributed by atoms with Gasteiger partial charge in [-0.2, -0.15) is 0 Å². The lowest BCUT2D eigenvalue weighted by atomic mass is 9.78. The van der Waals surface area contributed by atoms with Crippen LogP contribution in [0.1, 0.15) is 37.7 Å². The van der Waals surface area contributed by atoms with E-state index in [0.29, 0.717) is 29.9 Å². The summed E-state index contributed by atoms with van der Waals surface area (Å²) in [6, 6.07) is 8.56. The minimum Gasteiger partial charge on any atom is -0.375 e. The molecule has 148 valence electrons. The third-order valence-corrected chi connectivity index (χ3v) is 6.99. The Morgan fingerprint density at radius 2 is 1.85 bits per heavy atom. The Morgan fingerprint density at radius 3 is 2.44 bits per heavy atom. The van der Waals surface area contributed by atoms with Gasteiger partial charge in [0.25, 0.3) is 5.91 Å². The first-order valence-electron chi connectivity index (χ1n) is 10.0. The van der Waals surface area contributed by atoms with Gasteiger partial charge < -0.3 is 15.7 Å². The normalized spacial score (nSPS) is 34.2. The fraction of sp³-hybridized carbons (Fsp3) is 0.667.